The van der Waals surface area contributed by atoms with Crippen molar-refractivity contribution in [1.29, 1.82) is 0 Å². The molecule has 0 aromatic carbocycles. The van der Waals surface area contributed by atoms with Crippen molar-refractivity contribution < 1.29 is 24.6 Å². The zero-order valence-electron chi connectivity index (χ0n) is 11.0. The number of carboxylic acid groups (broad SMARTS) is 2. The van der Waals surface area contributed by atoms with Crippen LogP contribution in [0.3, 0.4) is 0 Å². The minimum absolute atomic E-state index is 0.284. The van der Waals surface area contributed by atoms with Crippen molar-refractivity contribution in [3.8, 4) is 0 Å². The molecule has 1 heterocycles. The van der Waals surface area contributed by atoms with Gasteiger partial charge in [-0.2, -0.15) is 0 Å². The third-order valence-corrected chi connectivity index (χ3v) is 3.70. The summed E-state index contributed by atoms with van der Waals surface area (Å²) in [6.45, 7) is 3.70. The first kappa shape index (κ1) is 16.0. The minimum atomic E-state index is -1.45. The molecule has 4 N–H and O–H groups in total. The highest BCUT2D eigenvalue weighted by atomic mass is 32.1. The maximum absolute atomic E-state index is 11.7. The van der Waals surface area contributed by atoms with Gasteiger partial charge < -0.3 is 20.8 Å². The van der Waals surface area contributed by atoms with Gasteiger partial charge in [0.2, 0.25) is 0 Å². The van der Waals surface area contributed by atoms with Crippen LogP contribution in [0.5, 0.6) is 0 Å². The van der Waals surface area contributed by atoms with Gasteiger partial charge >= 0.3 is 18.0 Å². The van der Waals surface area contributed by atoms with E-state index in [0.717, 1.165) is 9.75 Å². The van der Waals surface area contributed by atoms with Crippen LogP contribution >= 0.6 is 11.3 Å². The fraction of sp³-hybridized carbons (Fsp3) is 0.417. The number of aliphatic carboxylic acids is 2. The lowest BCUT2D eigenvalue weighted by Gasteiger charge is -2.16. The average Bonchev–Trinajstić information content (AvgIpc) is 2.74. The van der Waals surface area contributed by atoms with Crippen LogP contribution in [0, 0.1) is 6.92 Å². The van der Waals surface area contributed by atoms with Gasteiger partial charge in [0.1, 0.15) is 6.04 Å². The lowest BCUT2D eigenvalue weighted by Crippen LogP contribution is -2.47. The molecule has 0 saturated carbocycles. The Morgan fingerprint density at radius 1 is 1.25 bits per heavy atom. The van der Waals surface area contributed by atoms with Crippen LogP contribution in [0.2, 0.25) is 0 Å². The summed E-state index contributed by atoms with van der Waals surface area (Å²) in [5.74, 6) is -2.68. The van der Waals surface area contributed by atoms with Crippen LogP contribution in [0.25, 0.3) is 0 Å². The van der Waals surface area contributed by atoms with Crippen LogP contribution in [0.1, 0.15) is 29.1 Å². The smallest absolute Gasteiger partial charge is 0.326 e. The fourth-order valence-electron chi connectivity index (χ4n) is 1.53. The minimum Gasteiger partial charge on any atom is -0.481 e. The Hall–Kier alpha value is -2.09. The number of nitrogens with one attached hydrogen (secondary N) is 2. The van der Waals surface area contributed by atoms with E-state index in [0.29, 0.717) is 0 Å². The van der Waals surface area contributed by atoms with Gasteiger partial charge in [0.15, 0.2) is 0 Å². The van der Waals surface area contributed by atoms with E-state index in [4.69, 9.17) is 10.2 Å². The SMILES string of the molecule is Cc1ccc(C(C)NC(=O)N[C@H](CC(=O)O)C(=O)O)s1. The van der Waals surface area contributed by atoms with Gasteiger partial charge in [-0.05, 0) is 26.0 Å². The molecule has 7 nitrogen and oxygen atoms in total. The molecule has 0 aliphatic carbocycles. The number of amides is 2. The largest absolute Gasteiger partial charge is 0.481 e. The first-order chi connectivity index (χ1) is 9.29. The number of thiophene rings is 1. The van der Waals surface area contributed by atoms with Gasteiger partial charge in [0.05, 0.1) is 12.5 Å². The molecule has 0 radical (unpaired) electrons. The normalized spacial score (nSPS) is 13.3. The Bertz CT molecular complexity index is 514. The van der Waals surface area contributed by atoms with E-state index in [1.165, 1.54) is 11.3 Å². The van der Waals surface area contributed by atoms with E-state index in [9.17, 15) is 14.4 Å². The molecule has 1 rings (SSSR count). The molecule has 0 aliphatic rings. The van der Waals surface area contributed by atoms with Crippen LogP contribution in [-0.4, -0.2) is 34.2 Å². The number of carbonyl (C=O) groups excluding carboxylic acids is 1. The predicted octanol–water partition coefficient (Wildman–Crippen LogP) is 1.34. The van der Waals surface area contributed by atoms with Crippen molar-refractivity contribution >= 4 is 29.3 Å². The van der Waals surface area contributed by atoms with Gasteiger partial charge in [-0.25, -0.2) is 9.59 Å². The molecule has 20 heavy (non-hydrogen) atoms. The van der Waals surface area contributed by atoms with Gasteiger partial charge in [-0.3, -0.25) is 4.79 Å². The molecule has 0 saturated heterocycles. The topological polar surface area (TPSA) is 116 Å². The van der Waals surface area contributed by atoms with E-state index < -0.39 is 30.4 Å². The zero-order valence-corrected chi connectivity index (χ0v) is 11.9. The molecule has 0 bridgehead atoms. The van der Waals surface area contributed by atoms with Crippen molar-refractivity contribution in [2.24, 2.45) is 0 Å². The molecule has 2 atom stereocenters. The summed E-state index contributed by atoms with van der Waals surface area (Å²) < 4.78 is 0. The number of carboxylic acids is 2. The number of hydrogen-bond donors (Lipinski definition) is 4. The van der Waals surface area contributed by atoms with Gasteiger partial charge in [0, 0.05) is 9.75 Å². The molecule has 0 aliphatic heterocycles. The summed E-state index contributed by atoms with van der Waals surface area (Å²) in [5.41, 5.74) is 0. The van der Waals surface area contributed by atoms with Gasteiger partial charge in [-0.1, -0.05) is 0 Å². The Balaban J connectivity index is 2.57. The van der Waals surface area contributed by atoms with Crippen LogP contribution < -0.4 is 10.6 Å². The Morgan fingerprint density at radius 2 is 1.90 bits per heavy atom. The molecule has 1 aromatic heterocycles. The Labute approximate surface area is 119 Å². The molecule has 0 fully saturated rings. The second kappa shape index (κ2) is 6.90. The predicted molar refractivity (Wildman–Crippen MR) is 72.8 cm³/mol. The molecule has 2 amide bonds. The summed E-state index contributed by atoms with van der Waals surface area (Å²) in [5, 5.41) is 22.1. The lowest BCUT2D eigenvalue weighted by molar-refractivity contribution is -0.145. The standard InChI is InChI=1S/C12H16N2O5S/c1-6-3-4-9(20-6)7(2)13-12(19)14-8(11(17)18)5-10(15)16/h3-4,7-8H,5H2,1-2H3,(H,15,16)(H,17,18)(H2,13,14,19)/t7?,8-/m1/s1. The molecule has 110 valence electrons. The summed E-state index contributed by atoms with van der Waals surface area (Å²) >= 11 is 1.52. The first-order valence-electron chi connectivity index (χ1n) is 5.87. The van der Waals surface area contributed by atoms with E-state index >= 15 is 0 Å². The Morgan fingerprint density at radius 3 is 2.35 bits per heavy atom. The van der Waals surface area contributed by atoms with Crippen molar-refractivity contribution in [2.45, 2.75) is 32.4 Å². The molecule has 0 spiro atoms. The number of carbonyl (C=O) groups is 3. The third-order valence-electron chi connectivity index (χ3n) is 2.52. The van der Waals surface area contributed by atoms with Crippen LogP contribution in [0.15, 0.2) is 12.1 Å². The van der Waals surface area contributed by atoms with Gasteiger partial charge in [-0.15, -0.1) is 11.3 Å². The van der Waals surface area contributed by atoms with Crippen LogP contribution in [-0.2, 0) is 9.59 Å². The number of hydrogen-bond acceptors (Lipinski definition) is 4. The van der Waals surface area contributed by atoms with Crippen molar-refractivity contribution in [3.05, 3.63) is 21.9 Å². The highest BCUT2D eigenvalue weighted by Crippen LogP contribution is 2.22. The summed E-state index contributed by atoms with van der Waals surface area (Å²) in [4.78, 5) is 35.0. The zero-order chi connectivity index (χ0) is 15.3. The number of aryl methyl sites for hydroxylation is 1. The highest BCUT2D eigenvalue weighted by molar-refractivity contribution is 7.12. The third kappa shape index (κ3) is 4.88. The Kier molecular flexibility index (Phi) is 5.51. The monoisotopic (exact) mass is 300 g/mol. The summed E-state index contributed by atoms with van der Waals surface area (Å²) in [6.07, 6.45) is -0.671. The average molecular weight is 300 g/mol. The van der Waals surface area contributed by atoms with E-state index in [1.54, 1.807) is 6.92 Å². The highest BCUT2D eigenvalue weighted by Gasteiger charge is 2.23. The van der Waals surface area contributed by atoms with Crippen LogP contribution in [0.4, 0.5) is 4.79 Å². The lowest BCUT2D eigenvalue weighted by atomic mass is 10.2. The van der Waals surface area contributed by atoms with E-state index in [2.05, 4.69) is 10.6 Å². The quantitative estimate of drug-likeness (QED) is 0.633. The van der Waals surface area contributed by atoms with E-state index in [-0.39, 0.29) is 6.04 Å². The molecular formula is C12H16N2O5S. The summed E-state index contributed by atoms with van der Waals surface area (Å²) in [6, 6.07) is 1.34. The number of rotatable bonds is 6. The molecular weight excluding hydrogens is 284 g/mol. The maximum Gasteiger partial charge on any atom is 0.326 e. The number of urea groups is 1. The van der Waals surface area contributed by atoms with E-state index in [1.807, 2.05) is 19.1 Å². The molecule has 8 heteroatoms. The second-order valence-corrected chi connectivity index (χ2v) is 5.60. The first-order valence-corrected chi connectivity index (χ1v) is 6.69. The molecule has 1 unspecified atom stereocenters. The maximum atomic E-state index is 11.7. The molecule has 1 aromatic rings. The van der Waals surface area contributed by atoms with Crippen molar-refractivity contribution in [3.63, 3.8) is 0 Å². The van der Waals surface area contributed by atoms with Gasteiger partial charge in [0.25, 0.3) is 0 Å². The summed E-state index contributed by atoms with van der Waals surface area (Å²) in [7, 11) is 0. The fourth-order valence-corrected chi connectivity index (χ4v) is 2.41. The van der Waals surface area contributed by atoms with Crippen molar-refractivity contribution in [2.75, 3.05) is 0 Å². The van der Waals surface area contributed by atoms with Crippen molar-refractivity contribution in [1.82, 2.24) is 10.6 Å². The second-order valence-electron chi connectivity index (χ2n) is 4.28.